The molecule has 3 aromatic heterocycles. The zero-order valence-corrected chi connectivity index (χ0v) is 20.9. The zero-order chi connectivity index (χ0) is 24.7. The number of hydrogen-bond donors (Lipinski definition) is 4. The van der Waals surface area contributed by atoms with Crippen LogP contribution in [0, 0.1) is 5.92 Å². The van der Waals surface area contributed by atoms with Crippen LogP contribution in [-0.4, -0.2) is 67.9 Å². The van der Waals surface area contributed by atoms with Crippen molar-refractivity contribution in [2.75, 3.05) is 25.1 Å². The summed E-state index contributed by atoms with van der Waals surface area (Å²) in [5, 5.41) is 29.9. The molecule has 3 aromatic rings. The van der Waals surface area contributed by atoms with Gasteiger partial charge in [-0.15, -0.1) is 5.10 Å². The average molecular weight is 498 g/mol. The minimum Gasteiger partial charge on any atom is -0.476 e. The van der Waals surface area contributed by atoms with Crippen molar-refractivity contribution < 1.29 is 19.3 Å². The second-order valence-corrected chi connectivity index (χ2v) is 10.7. The molecule has 11 nitrogen and oxygen atoms in total. The van der Waals surface area contributed by atoms with Crippen LogP contribution < -0.4 is 15.4 Å². The van der Waals surface area contributed by atoms with Crippen LogP contribution in [0.5, 0.6) is 5.88 Å². The van der Waals surface area contributed by atoms with Crippen molar-refractivity contribution in [3.63, 3.8) is 0 Å². The van der Waals surface area contributed by atoms with E-state index in [0.29, 0.717) is 36.0 Å². The van der Waals surface area contributed by atoms with Gasteiger partial charge < -0.3 is 24.6 Å². The standard InChI is InChI=1S/C25H35N7O4/c1-25(7-8-25)28-24(33)36-17-4-3-16(11-17)19-12-20(30-29-19)27-22-21-18(5-9-26-22)23(31-32(21)2)35-14-15-6-10-34-13-15/h5,9,12,15-17,24,28,33H,3-4,6-8,10-11,13-14H2,1-2H3,(H2,26,27,29,30)/t15?,16-,17+,24?/m0/s1. The molecule has 0 bridgehead atoms. The van der Waals surface area contributed by atoms with Crippen molar-refractivity contribution in [3.8, 4) is 5.88 Å². The fraction of sp³-hybridized carbons (Fsp3) is 0.640. The van der Waals surface area contributed by atoms with E-state index in [1.54, 1.807) is 10.9 Å². The number of ether oxygens (including phenoxy) is 3. The molecule has 11 heteroatoms. The monoisotopic (exact) mass is 497 g/mol. The number of nitrogens with zero attached hydrogens (tertiary/aromatic N) is 4. The summed E-state index contributed by atoms with van der Waals surface area (Å²) < 4.78 is 19.1. The van der Waals surface area contributed by atoms with Crippen molar-refractivity contribution in [2.45, 2.75) is 69.4 Å². The summed E-state index contributed by atoms with van der Waals surface area (Å²) in [6.45, 7) is 4.24. The minimum absolute atomic E-state index is 0.0265. The molecule has 0 radical (unpaired) electrons. The first-order valence-electron chi connectivity index (χ1n) is 12.9. The van der Waals surface area contributed by atoms with Gasteiger partial charge in [0.25, 0.3) is 0 Å². The van der Waals surface area contributed by atoms with Gasteiger partial charge in [0, 0.05) is 49.0 Å². The van der Waals surface area contributed by atoms with E-state index < -0.39 is 6.41 Å². The predicted octanol–water partition coefficient (Wildman–Crippen LogP) is 2.92. The summed E-state index contributed by atoms with van der Waals surface area (Å²) in [7, 11) is 1.89. The molecule has 4 heterocycles. The summed E-state index contributed by atoms with van der Waals surface area (Å²) in [4.78, 5) is 4.54. The maximum atomic E-state index is 10.2. The maximum absolute atomic E-state index is 10.2. The molecule has 2 saturated carbocycles. The number of nitrogens with one attached hydrogen (secondary N) is 3. The van der Waals surface area contributed by atoms with Gasteiger partial charge in [-0.05, 0) is 51.5 Å². The lowest BCUT2D eigenvalue weighted by molar-refractivity contribution is -0.157. The molecule has 2 unspecified atom stereocenters. The van der Waals surface area contributed by atoms with Gasteiger partial charge in [-0.2, -0.15) is 5.10 Å². The van der Waals surface area contributed by atoms with E-state index in [0.717, 1.165) is 68.3 Å². The Hall–Kier alpha value is -2.73. The van der Waals surface area contributed by atoms with Gasteiger partial charge in [-0.3, -0.25) is 15.1 Å². The third-order valence-electron chi connectivity index (χ3n) is 7.66. The van der Waals surface area contributed by atoms with Crippen LogP contribution in [0.25, 0.3) is 10.9 Å². The molecule has 1 saturated heterocycles. The molecule has 2 aliphatic carbocycles. The third kappa shape index (κ3) is 5.06. The number of aromatic amines is 1. The second kappa shape index (κ2) is 9.62. The lowest BCUT2D eigenvalue weighted by Crippen LogP contribution is -2.41. The largest absolute Gasteiger partial charge is 0.476 e. The summed E-state index contributed by atoms with van der Waals surface area (Å²) in [5.41, 5.74) is 1.95. The predicted molar refractivity (Wildman–Crippen MR) is 133 cm³/mol. The number of aliphatic hydroxyl groups excluding tert-OH is 1. The highest BCUT2D eigenvalue weighted by atomic mass is 16.6. The highest BCUT2D eigenvalue weighted by molar-refractivity contribution is 5.93. The van der Waals surface area contributed by atoms with Crippen LogP contribution in [0.4, 0.5) is 11.6 Å². The number of aryl methyl sites for hydroxylation is 1. The number of anilines is 2. The van der Waals surface area contributed by atoms with Crippen LogP contribution in [-0.2, 0) is 16.5 Å². The lowest BCUT2D eigenvalue weighted by atomic mass is 10.0. The van der Waals surface area contributed by atoms with Gasteiger partial charge in [-0.1, -0.05) is 0 Å². The average Bonchev–Trinajstić information content (AvgIpc) is 3.40. The molecule has 4 N–H and O–H groups in total. The number of hydrogen-bond acceptors (Lipinski definition) is 9. The first-order valence-corrected chi connectivity index (χ1v) is 12.9. The highest BCUT2D eigenvalue weighted by Crippen LogP contribution is 2.38. The minimum atomic E-state index is -0.911. The maximum Gasteiger partial charge on any atom is 0.240 e. The molecule has 0 aromatic carbocycles. The number of H-pyrrole nitrogens is 1. The Balaban J connectivity index is 1.09. The molecule has 6 rings (SSSR count). The van der Waals surface area contributed by atoms with E-state index in [-0.39, 0.29) is 11.6 Å². The van der Waals surface area contributed by atoms with E-state index in [9.17, 15) is 5.11 Å². The number of aromatic nitrogens is 5. The van der Waals surface area contributed by atoms with E-state index in [2.05, 4.69) is 37.8 Å². The highest BCUT2D eigenvalue weighted by Gasteiger charge is 2.40. The summed E-state index contributed by atoms with van der Waals surface area (Å²) in [5.74, 6) is 2.70. The van der Waals surface area contributed by atoms with Crippen LogP contribution in [0.1, 0.15) is 57.1 Å². The van der Waals surface area contributed by atoms with Crippen LogP contribution in [0.15, 0.2) is 18.3 Å². The summed E-state index contributed by atoms with van der Waals surface area (Å²) in [6.07, 6.45) is 6.79. The van der Waals surface area contributed by atoms with Crippen LogP contribution >= 0.6 is 0 Å². The normalized spacial score (nSPS) is 25.9. The van der Waals surface area contributed by atoms with E-state index in [4.69, 9.17) is 14.2 Å². The van der Waals surface area contributed by atoms with Crippen molar-refractivity contribution in [2.24, 2.45) is 13.0 Å². The van der Waals surface area contributed by atoms with E-state index in [1.165, 1.54) is 0 Å². The van der Waals surface area contributed by atoms with E-state index in [1.807, 2.05) is 19.2 Å². The Morgan fingerprint density at radius 1 is 1.33 bits per heavy atom. The molecule has 0 amide bonds. The third-order valence-corrected chi connectivity index (χ3v) is 7.66. The Kier molecular flexibility index (Phi) is 6.32. The molecular weight excluding hydrogens is 462 g/mol. The fourth-order valence-corrected chi connectivity index (χ4v) is 5.23. The van der Waals surface area contributed by atoms with Crippen molar-refractivity contribution in [1.29, 1.82) is 0 Å². The quantitative estimate of drug-likeness (QED) is 0.312. The first-order chi connectivity index (χ1) is 17.5. The number of fused-ring (bicyclic) bond motifs is 1. The fourth-order valence-electron chi connectivity index (χ4n) is 5.23. The Morgan fingerprint density at radius 3 is 3.03 bits per heavy atom. The Labute approximate surface area is 209 Å². The van der Waals surface area contributed by atoms with Gasteiger partial charge in [0.05, 0.1) is 24.7 Å². The van der Waals surface area contributed by atoms with Crippen molar-refractivity contribution in [3.05, 3.63) is 24.0 Å². The van der Waals surface area contributed by atoms with Crippen LogP contribution in [0.3, 0.4) is 0 Å². The first kappa shape index (κ1) is 23.7. The molecule has 3 fully saturated rings. The lowest BCUT2D eigenvalue weighted by Gasteiger charge is -2.22. The van der Waals surface area contributed by atoms with Gasteiger partial charge in [0.1, 0.15) is 5.52 Å². The molecule has 3 aliphatic rings. The van der Waals surface area contributed by atoms with Crippen molar-refractivity contribution >= 4 is 22.5 Å². The van der Waals surface area contributed by atoms with E-state index >= 15 is 0 Å². The second-order valence-electron chi connectivity index (χ2n) is 10.7. The molecule has 194 valence electrons. The Bertz CT molecular complexity index is 1200. The SMILES string of the molecule is Cn1nc(OCC2CCOC2)c2ccnc(Nc3cc([C@H]4CC[C@@H](OC(O)NC5(C)CC5)C4)[nH]n3)c21. The molecular formula is C25H35N7O4. The molecule has 4 atom stereocenters. The summed E-state index contributed by atoms with van der Waals surface area (Å²) in [6, 6.07) is 3.96. The van der Waals surface area contributed by atoms with Crippen molar-refractivity contribution in [1.82, 2.24) is 30.3 Å². The van der Waals surface area contributed by atoms with Crippen LogP contribution in [0.2, 0.25) is 0 Å². The Morgan fingerprint density at radius 2 is 2.22 bits per heavy atom. The van der Waals surface area contributed by atoms with Gasteiger partial charge >= 0.3 is 0 Å². The van der Waals surface area contributed by atoms with Gasteiger partial charge in [-0.25, -0.2) is 4.98 Å². The number of aliphatic hydroxyl groups is 1. The molecule has 36 heavy (non-hydrogen) atoms. The molecule has 1 aliphatic heterocycles. The smallest absolute Gasteiger partial charge is 0.240 e. The number of pyridine rings is 1. The van der Waals surface area contributed by atoms with Gasteiger partial charge in [0.2, 0.25) is 12.3 Å². The number of rotatable bonds is 10. The van der Waals surface area contributed by atoms with Gasteiger partial charge in [0.15, 0.2) is 11.6 Å². The molecule has 0 spiro atoms. The zero-order valence-electron chi connectivity index (χ0n) is 20.9. The summed E-state index contributed by atoms with van der Waals surface area (Å²) >= 11 is 0. The topological polar surface area (TPSA) is 131 Å².